The fourth-order valence-electron chi connectivity index (χ4n) is 2.15. The molecule has 0 bridgehead atoms. The van der Waals surface area contributed by atoms with E-state index in [-0.39, 0.29) is 0 Å². The Kier molecular flexibility index (Phi) is 6.88. The van der Waals surface area contributed by atoms with Crippen molar-refractivity contribution < 1.29 is 23.5 Å². The van der Waals surface area contributed by atoms with Gasteiger partial charge in [0.05, 0.1) is 22.5 Å². The molecule has 0 atom stereocenters. The second-order valence-electron chi connectivity index (χ2n) is 5.42. The minimum Gasteiger partial charge on any atom is -0.468 e. The molecule has 3 rings (SSSR count). The van der Waals surface area contributed by atoms with Crippen LogP contribution in [0.3, 0.4) is 0 Å². The third-order valence-corrected chi connectivity index (χ3v) is 5.42. The summed E-state index contributed by atoms with van der Waals surface area (Å²) >= 11 is 2.67. The molecular formula is C19H16N2O5S2. The van der Waals surface area contributed by atoms with Crippen LogP contribution in [0.25, 0.3) is 0 Å². The molecule has 144 valence electrons. The number of carbonyl (C=O) groups is 3. The number of benzene rings is 1. The summed E-state index contributed by atoms with van der Waals surface area (Å²) in [5, 5.41) is 1.75. The van der Waals surface area contributed by atoms with E-state index in [4.69, 9.17) is 9.15 Å². The highest BCUT2D eigenvalue weighted by molar-refractivity contribution is 7.98. The Hall–Kier alpha value is -3.04. The summed E-state index contributed by atoms with van der Waals surface area (Å²) < 4.78 is 10.3. The van der Waals surface area contributed by atoms with Gasteiger partial charge in [0.2, 0.25) is 0 Å². The molecule has 28 heavy (non-hydrogen) atoms. The van der Waals surface area contributed by atoms with Crippen LogP contribution in [-0.2, 0) is 15.3 Å². The Morgan fingerprint density at radius 2 is 1.89 bits per heavy atom. The van der Waals surface area contributed by atoms with Crippen molar-refractivity contribution in [1.29, 1.82) is 0 Å². The van der Waals surface area contributed by atoms with E-state index in [2.05, 4.69) is 10.9 Å². The first-order valence-electron chi connectivity index (χ1n) is 8.17. The Labute approximate surface area is 169 Å². The van der Waals surface area contributed by atoms with E-state index in [1.54, 1.807) is 48.0 Å². The van der Waals surface area contributed by atoms with Gasteiger partial charge in [-0.2, -0.15) is 0 Å². The summed E-state index contributed by atoms with van der Waals surface area (Å²) in [5.41, 5.74) is 4.83. The van der Waals surface area contributed by atoms with Crippen LogP contribution in [0.4, 0.5) is 0 Å². The van der Waals surface area contributed by atoms with E-state index in [0.717, 1.165) is 10.7 Å². The molecule has 0 aliphatic heterocycles. The first kappa shape index (κ1) is 19.7. The highest BCUT2D eigenvalue weighted by Gasteiger charge is 2.15. The van der Waals surface area contributed by atoms with Crippen molar-refractivity contribution in [3.8, 4) is 0 Å². The van der Waals surface area contributed by atoms with Gasteiger partial charge >= 0.3 is 5.97 Å². The van der Waals surface area contributed by atoms with Gasteiger partial charge in [-0.3, -0.25) is 20.4 Å². The van der Waals surface area contributed by atoms with Gasteiger partial charge in [0.15, 0.2) is 6.61 Å². The highest BCUT2D eigenvalue weighted by Crippen LogP contribution is 2.27. The second-order valence-corrected chi connectivity index (χ2v) is 7.38. The molecule has 1 aromatic carbocycles. The van der Waals surface area contributed by atoms with Crippen molar-refractivity contribution in [2.24, 2.45) is 0 Å². The molecule has 0 spiro atoms. The zero-order chi connectivity index (χ0) is 19.8. The summed E-state index contributed by atoms with van der Waals surface area (Å²) in [6.07, 6.45) is 1.59. The maximum absolute atomic E-state index is 12.3. The minimum atomic E-state index is -0.640. The Balaban J connectivity index is 1.49. The number of nitrogens with one attached hydrogen (secondary N) is 2. The van der Waals surface area contributed by atoms with Crippen molar-refractivity contribution in [3.05, 3.63) is 76.4 Å². The number of hydrogen-bond acceptors (Lipinski definition) is 7. The fraction of sp³-hybridized carbons (Fsp3) is 0.105. The number of amides is 2. The van der Waals surface area contributed by atoms with Crippen molar-refractivity contribution in [1.82, 2.24) is 10.9 Å². The summed E-state index contributed by atoms with van der Waals surface area (Å²) in [7, 11) is 0. The van der Waals surface area contributed by atoms with Crippen LogP contribution in [0.1, 0.15) is 25.8 Å². The number of hydrogen-bond donors (Lipinski definition) is 2. The summed E-state index contributed by atoms with van der Waals surface area (Å²) in [4.78, 5) is 37.1. The molecular weight excluding hydrogens is 400 g/mol. The van der Waals surface area contributed by atoms with Gasteiger partial charge in [0.25, 0.3) is 11.8 Å². The largest absolute Gasteiger partial charge is 0.468 e. The standard InChI is InChI=1S/C19H16N2O5S2/c22-17(20-21-18(23)16-8-4-10-27-16)11-26-19(24)14-6-1-2-7-15(14)28-12-13-5-3-9-25-13/h1-10H,11-12H2,(H,20,22)(H,21,23). The van der Waals surface area contributed by atoms with Crippen molar-refractivity contribution in [2.45, 2.75) is 10.6 Å². The third kappa shape index (κ3) is 5.48. The minimum absolute atomic E-state index is 0.356. The normalized spacial score (nSPS) is 10.3. The van der Waals surface area contributed by atoms with Gasteiger partial charge in [-0.1, -0.05) is 18.2 Å². The topological polar surface area (TPSA) is 97.6 Å². The van der Waals surface area contributed by atoms with Crippen LogP contribution >= 0.6 is 23.1 Å². The van der Waals surface area contributed by atoms with Gasteiger partial charge in [0.1, 0.15) is 5.76 Å². The molecule has 0 saturated carbocycles. The molecule has 2 N–H and O–H groups in total. The van der Waals surface area contributed by atoms with Crippen molar-refractivity contribution >= 4 is 40.9 Å². The maximum atomic E-state index is 12.3. The lowest BCUT2D eigenvalue weighted by Gasteiger charge is -2.09. The summed E-state index contributed by atoms with van der Waals surface area (Å²) in [6, 6.07) is 14.0. The highest BCUT2D eigenvalue weighted by atomic mass is 32.2. The molecule has 2 heterocycles. The summed E-state index contributed by atoms with van der Waals surface area (Å²) in [6.45, 7) is -0.513. The van der Waals surface area contributed by atoms with Gasteiger partial charge in [-0.15, -0.1) is 23.1 Å². The lowest BCUT2D eigenvalue weighted by molar-refractivity contribution is -0.125. The average Bonchev–Trinajstić information content (AvgIpc) is 3.43. The lowest BCUT2D eigenvalue weighted by Crippen LogP contribution is -2.43. The molecule has 2 amide bonds. The predicted octanol–water partition coefficient (Wildman–Crippen LogP) is 3.25. The van der Waals surface area contributed by atoms with Gasteiger partial charge in [-0.05, 0) is 35.7 Å². The molecule has 0 saturated heterocycles. The number of thioether (sulfide) groups is 1. The van der Waals surface area contributed by atoms with E-state index in [1.165, 1.54) is 23.1 Å². The SMILES string of the molecule is O=C(COC(=O)c1ccccc1SCc1ccco1)NNC(=O)c1cccs1. The number of carbonyl (C=O) groups excluding carboxylic acids is 3. The van der Waals surface area contributed by atoms with Crippen LogP contribution < -0.4 is 10.9 Å². The molecule has 0 fully saturated rings. The molecule has 0 radical (unpaired) electrons. The molecule has 3 aromatic rings. The average molecular weight is 416 g/mol. The van der Waals surface area contributed by atoms with Crippen LogP contribution in [0.5, 0.6) is 0 Å². The first-order valence-corrected chi connectivity index (χ1v) is 10.0. The zero-order valence-electron chi connectivity index (χ0n) is 14.5. The first-order chi connectivity index (χ1) is 13.6. The zero-order valence-corrected chi connectivity index (χ0v) is 16.2. The Morgan fingerprint density at radius 3 is 2.64 bits per heavy atom. The van der Waals surface area contributed by atoms with Crippen LogP contribution in [-0.4, -0.2) is 24.4 Å². The van der Waals surface area contributed by atoms with Crippen LogP contribution in [0.15, 0.2) is 69.5 Å². The number of ether oxygens (including phenoxy) is 1. The number of esters is 1. The molecule has 2 aromatic heterocycles. The number of thiophene rings is 1. The van der Waals surface area contributed by atoms with Gasteiger partial charge in [0, 0.05) is 4.90 Å². The number of rotatable bonds is 7. The Morgan fingerprint density at radius 1 is 1.04 bits per heavy atom. The quantitative estimate of drug-likeness (QED) is 0.349. The maximum Gasteiger partial charge on any atom is 0.339 e. The predicted molar refractivity (Wildman–Crippen MR) is 105 cm³/mol. The van der Waals surface area contributed by atoms with Crippen LogP contribution in [0, 0.1) is 0 Å². The van der Waals surface area contributed by atoms with E-state index < -0.39 is 24.4 Å². The Bertz CT molecular complexity index is 939. The monoisotopic (exact) mass is 416 g/mol. The summed E-state index contributed by atoms with van der Waals surface area (Å²) in [5.74, 6) is -0.350. The number of hydrazine groups is 1. The fourth-order valence-corrected chi connectivity index (χ4v) is 3.71. The molecule has 7 nitrogen and oxygen atoms in total. The van der Waals surface area contributed by atoms with E-state index >= 15 is 0 Å². The third-order valence-electron chi connectivity index (χ3n) is 3.45. The van der Waals surface area contributed by atoms with Crippen molar-refractivity contribution in [2.75, 3.05) is 6.61 Å². The second kappa shape index (κ2) is 9.77. The van der Waals surface area contributed by atoms with E-state index in [0.29, 0.717) is 16.2 Å². The number of furan rings is 1. The smallest absolute Gasteiger partial charge is 0.339 e. The lowest BCUT2D eigenvalue weighted by atomic mass is 10.2. The molecule has 0 unspecified atom stereocenters. The van der Waals surface area contributed by atoms with Gasteiger partial charge < -0.3 is 9.15 Å². The molecule has 0 aliphatic carbocycles. The van der Waals surface area contributed by atoms with E-state index in [1.807, 2.05) is 12.1 Å². The van der Waals surface area contributed by atoms with Gasteiger partial charge in [-0.25, -0.2) is 4.79 Å². The van der Waals surface area contributed by atoms with Crippen LogP contribution in [0.2, 0.25) is 0 Å². The molecule has 9 heteroatoms. The van der Waals surface area contributed by atoms with E-state index in [9.17, 15) is 14.4 Å². The molecule has 0 aliphatic rings. The van der Waals surface area contributed by atoms with Crippen molar-refractivity contribution in [3.63, 3.8) is 0 Å².